The van der Waals surface area contributed by atoms with Gasteiger partial charge in [-0.15, -0.1) is 11.3 Å². The molecule has 4 heteroatoms. The minimum absolute atomic E-state index is 0.117. The Morgan fingerprint density at radius 2 is 2.00 bits per heavy atom. The number of anilines is 1. The predicted octanol–water partition coefficient (Wildman–Crippen LogP) is 3.55. The number of nitrogens with zero attached hydrogens (tertiary/aromatic N) is 1. The Morgan fingerprint density at radius 1 is 1.11 bits per heavy atom. The van der Waals surface area contributed by atoms with Crippen molar-refractivity contribution in [2.75, 3.05) is 5.32 Å². The van der Waals surface area contributed by atoms with Gasteiger partial charge in [0.05, 0.1) is 4.88 Å². The molecule has 0 aliphatic heterocycles. The second-order valence-corrected chi connectivity index (χ2v) is 4.76. The lowest BCUT2D eigenvalue weighted by atomic mass is 10.1. The second kappa shape index (κ2) is 4.58. The lowest BCUT2D eigenvalue weighted by Crippen LogP contribution is -2.11. The number of nitrogens with one attached hydrogen (secondary N) is 1. The molecule has 88 valence electrons. The number of hydrogen-bond donors (Lipinski definition) is 1. The van der Waals surface area contributed by atoms with Crippen LogP contribution in [-0.2, 0) is 0 Å². The molecular weight excluding hydrogens is 244 g/mol. The van der Waals surface area contributed by atoms with Gasteiger partial charge in [-0.3, -0.25) is 4.79 Å². The summed E-state index contributed by atoms with van der Waals surface area (Å²) in [7, 11) is 0. The van der Waals surface area contributed by atoms with Crippen LogP contribution in [0.25, 0.3) is 10.8 Å². The number of carbonyl (C=O) groups is 1. The van der Waals surface area contributed by atoms with Crippen molar-refractivity contribution in [1.82, 2.24) is 4.98 Å². The second-order valence-electron chi connectivity index (χ2n) is 3.81. The molecule has 0 aliphatic carbocycles. The molecule has 1 N–H and O–H groups in total. The molecule has 2 heterocycles. The predicted molar refractivity (Wildman–Crippen MR) is 74.0 cm³/mol. The van der Waals surface area contributed by atoms with Crippen LogP contribution in [0.2, 0.25) is 0 Å². The average Bonchev–Trinajstić information content (AvgIpc) is 2.93. The van der Waals surface area contributed by atoms with Crippen molar-refractivity contribution in [2.45, 2.75) is 0 Å². The molecule has 0 fully saturated rings. The average molecular weight is 254 g/mol. The summed E-state index contributed by atoms with van der Waals surface area (Å²) in [5.74, 6) is 0.486. The molecule has 1 amide bonds. The summed E-state index contributed by atoms with van der Waals surface area (Å²) in [6.07, 6.45) is 1.70. The van der Waals surface area contributed by atoms with Crippen molar-refractivity contribution in [3.63, 3.8) is 0 Å². The van der Waals surface area contributed by atoms with Crippen LogP contribution in [0.4, 0.5) is 5.82 Å². The van der Waals surface area contributed by atoms with Gasteiger partial charge in [-0.1, -0.05) is 30.3 Å². The maximum absolute atomic E-state index is 12.0. The number of hydrogen-bond acceptors (Lipinski definition) is 3. The van der Waals surface area contributed by atoms with E-state index in [1.54, 1.807) is 12.3 Å². The van der Waals surface area contributed by atoms with Gasteiger partial charge >= 0.3 is 0 Å². The third-order valence-electron chi connectivity index (χ3n) is 2.65. The summed E-state index contributed by atoms with van der Waals surface area (Å²) in [6, 6.07) is 13.4. The van der Waals surface area contributed by atoms with Crippen molar-refractivity contribution >= 4 is 33.8 Å². The van der Waals surface area contributed by atoms with Crippen LogP contribution in [0, 0.1) is 0 Å². The quantitative estimate of drug-likeness (QED) is 0.760. The van der Waals surface area contributed by atoms with E-state index in [4.69, 9.17) is 0 Å². The van der Waals surface area contributed by atoms with E-state index in [2.05, 4.69) is 10.3 Å². The zero-order valence-corrected chi connectivity index (χ0v) is 10.3. The smallest absolute Gasteiger partial charge is 0.266 e. The Bertz CT molecular complexity index is 687. The van der Waals surface area contributed by atoms with E-state index < -0.39 is 0 Å². The highest BCUT2D eigenvalue weighted by Crippen LogP contribution is 2.21. The van der Waals surface area contributed by atoms with Crippen LogP contribution >= 0.6 is 11.3 Å². The van der Waals surface area contributed by atoms with Crippen molar-refractivity contribution in [1.29, 1.82) is 0 Å². The number of benzene rings is 1. The van der Waals surface area contributed by atoms with Crippen LogP contribution < -0.4 is 5.32 Å². The SMILES string of the molecule is O=C(Nc1nccc2ccccc12)c1cccs1. The fraction of sp³-hybridized carbons (Fsp3) is 0. The van der Waals surface area contributed by atoms with Gasteiger partial charge in [-0.05, 0) is 22.9 Å². The third-order valence-corrected chi connectivity index (χ3v) is 3.52. The van der Waals surface area contributed by atoms with Crippen molar-refractivity contribution in [3.8, 4) is 0 Å². The van der Waals surface area contributed by atoms with Gasteiger partial charge in [-0.25, -0.2) is 4.98 Å². The van der Waals surface area contributed by atoms with Gasteiger partial charge < -0.3 is 5.32 Å². The van der Waals surface area contributed by atoms with E-state index in [0.717, 1.165) is 10.8 Å². The summed E-state index contributed by atoms with van der Waals surface area (Å²) < 4.78 is 0. The Kier molecular flexibility index (Phi) is 2.78. The Morgan fingerprint density at radius 3 is 2.83 bits per heavy atom. The molecule has 0 unspecified atom stereocenters. The summed E-state index contributed by atoms with van der Waals surface area (Å²) in [5, 5.41) is 6.74. The minimum Gasteiger partial charge on any atom is -0.305 e. The van der Waals surface area contributed by atoms with E-state index in [-0.39, 0.29) is 5.91 Å². The number of rotatable bonds is 2. The summed E-state index contributed by atoms with van der Waals surface area (Å²) in [4.78, 5) is 16.9. The lowest BCUT2D eigenvalue weighted by molar-refractivity contribution is 0.103. The standard InChI is InChI=1S/C14H10N2OS/c17-14(12-6-3-9-18-12)16-13-11-5-2-1-4-10(11)7-8-15-13/h1-9H,(H,15,16,17). The Hall–Kier alpha value is -2.20. The van der Waals surface area contributed by atoms with E-state index in [1.807, 2.05) is 41.8 Å². The monoisotopic (exact) mass is 254 g/mol. The number of thiophene rings is 1. The topological polar surface area (TPSA) is 42.0 Å². The van der Waals surface area contributed by atoms with E-state index in [0.29, 0.717) is 10.7 Å². The van der Waals surface area contributed by atoms with Gasteiger partial charge in [0.25, 0.3) is 5.91 Å². The molecule has 3 rings (SSSR count). The number of fused-ring (bicyclic) bond motifs is 1. The molecule has 0 radical (unpaired) electrons. The summed E-state index contributed by atoms with van der Waals surface area (Å²) in [6.45, 7) is 0. The molecule has 0 aliphatic rings. The van der Waals surface area contributed by atoms with Crippen molar-refractivity contribution in [3.05, 3.63) is 58.9 Å². The van der Waals surface area contributed by atoms with Gasteiger partial charge in [-0.2, -0.15) is 0 Å². The Labute approximate surface area is 108 Å². The highest BCUT2D eigenvalue weighted by molar-refractivity contribution is 7.12. The van der Waals surface area contributed by atoms with Gasteiger partial charge in [0.1, 0.15) is 5.82 Å². The van der Waals surface area contributed by atoms with Crippen LogP contribution in [-0.4, -0.2) is 10.9 Å². The maximum atomic E-state index is 12.0. The molecule has 1 aromatic carbocycles. The van der Waals surface area contributed by atoms with Gasteiger partial charge in [0, 0.05) is 11.6 Å². The fourth-order valence-electron chi connectivity index (χ4n) is 1.80. The molecule has 0 bridgehead atoms. The maximum Gasteiger partial charge on any atom is 0.266 e. The molecular formula is C14H10N2OS. The first-order chi connectivity index (χ1) is 8.84. The molecule has 0 saturated carbocycles. The van der Waals surface area contributed by atoms with Crippen LogP contribution in [0.5, 0.6) is 0 Å². The molecule has 18 heavy (non-hydrogen) atoms. The zero-order valence-electron chi connectivity index (χ0n) is 9.46. The molecule has 0 spiro atoms. The number of aromatic nitrogens is 1. The molecule has 3 nitrogen and oxygen atoms in total. The van der Waals surface area contributed by atoms with Crippen LogP contribution in [0.1, 0.15) is 9.67 Å². The van der Waals surface area contributed by atoms with E-state index in [9.17, 15) is 4.79 Å². The molecule has 2 aromatic heterocycles. The summed E-state index contributed by atoms with van der Waals surface area (Å²) in [5.41, 5.74) is 0. The summed E-state index contributed by atoms with van der Waals surface area (Å²) >= 11 is 1.42. The van der Waals surface area contributed by atoms with E-state index >= 15 is 0 Å². The first kappa shape index (κ1) is 10.9. The van der Waals surface area contributed by atoms with Crippen molar-refractivity contribution in [2.24, 2.45) is 0 Å². The highest BCUT2D eigenvalue weighted by Gasteiger charge is 2.09. The zero-order chi connectivity index (χ0) is 12.4. The van der Waals surface area contributed by atoms with Crippen LogP contribution in [0.3, 0.4) is 0 Å². The Balaban J connectivity index is 1.98. The van der Waals surface area contributed by atoms with Crippen molar-refractivity contribution < 1.29 is 4.79 Å². The van der Waals surface area contributed by atoms with E-state index in [1.165, 1.54) is 11.3 Å². The van der Waals surface area contributed by atoms with Gasteiger partial charge in [0.2, 0.25) is 0 Å². The largest absolute Gasteiger partial charge is 0.305 e. The first-order valence-corrected chi connectivity index (χ1v) is 6.41. The minimum atomic E-state index is -0.117. The highest BCUT2D eigenvalue weighted by atomic mass is 32.1. The molecule has 0 saturated heterocycles. The number of carbonyl (C=O) groups excluding carboxylic acids is 1. The first-order valence-electron chi connectivity index (χ1n) is 5.53. The third kappa shape index (κ3) is 1.98. The molecule has 3 aromatic rings. The number of pyridine rings is 1. The van der Waals surface area contributed by atoms with Gasteiger partial charge in [0.15, 0.2) is 0 Å². The fourth-order valence-corrected chi connectivity index (χ4v) is 2.42. The van der Waals surface area contributed by atoms with Crippen LogP contribution in [0.15, 0.2) is 54.0 Å². The number of amides is 1. The lowest BCUT2D eigenvalue weighted by Gasteiger charge is -2.06. The molecule has 0 atom stereocenters. The normalized spacial score (nSPS) is 10.4.